The van der Waals surface area contributed by atoms with Crippen molar-refractivity contribution in [2.24, 2.45) is 0 Å². The van der Waals surface area contributed by atoms with Crippen molar-refractivity contribution in [2.45, 2.75) is 26.7 Å². The van der Waals surface area contributed by atoms with E-state index in [2.05, 4.69) is 38.8 Å². The molecular formula is C20H22FN5. The fourth-order valence-electron chi connectivity index (χ4n) is 2.78. The van der Waals surface area contributed by atoms with Crippen LogP contribution in [0.1, 0.15) is 23.6 Å². The van der Waals surface area contributed by atoms with Gasteiger partial charge in [0.2, 0.25) is 5.95 Å². The highest BCUT2D eigenvalue weighted by Gasteiger charge is 2.08. The Kier molecular flexibility index (Phi) is 5.73. The predicted molar refractivity (Wildman–Crippen MR) is 102 cm³/mol. The fourth-order valence-corrected chi connectivity index (χ4v) is 2.78. The van der Waals surface area contributed by atoms with Crippen molar-refractivity contribution < 1.29 is 4.39 Å². The first-order chi connectivity index (χ1) is 12.7. The summed E-state index contributed by atoms with van der Waals surface area (Å²) >= 11 is 0. The molecule has 0 spiro atoms. The molecule has 1 aromatic heterocycles. The van der Waals surface area contributed by atoms with Crippen LogP contribution < -0.4 is 10.6 Å². The first kappa shape index (κ1) is 17.8. The average Bonchev–Trinajstić information content (AvgIpc) is 2.65. The van der Waals surface area contributed by atoms with Crippen LogP contribution in [0.4, 0.5) is 21.8 Å². The van der Waals surface area contributed by atoms with Gasteiger partial charge in [-0.3, -0.25) is 0 Å². The molecule has 3 aromatic rings. The molecule has 0 bridgehead atoms. The molecule has 0 saturated heterocycles. The number of para-hydroxylation sites is 1. The van der Waals surface area contributed by atoms with Gasteiger partial charge in [0.25, 0.3) is 0 Å². The van der Waals surface area contributed by atoms with Crippen LogP contribution in [-0.2, 0) is 12.8 Å². The van der Waals surface area contributed by atoms with Gasteiger partial charge >= 0.3 is 0 Å². The minimum Gasteiger partial charge on any atom is -0.368 e. The van der Waals surface area contributed by atoms with Gasteiger partial charge in [-0.05, 0) is 42.5 Å². The van der Waals surface area contributed by atoms with Crippen LogP contribution in [0.3, 0.4) is 0 Å². The van der Waals surface area contributed by atoms with Crippen LogP contribution in [0.2, 0.25) is 0 Å². The minimum absolute atomic E-state index is 0.191. The van der Waals surface area contributed by atoms with Gasteiger partial charge in [0.15, 0.2) is 5.82 Å². The van der Waals surface area contributed by atoms with Crippen molar-refractivity contribution in [3.63, 3.8) is 0 Å². The lowest BCUT2D eigenvalue weighted by Crippen LogP contribution is -2.10. The van der Waals surface area contributed by atoms with Crippen molar-refractivity contribution in [1.29, 1.82) is 0 Å². The van der Waals surface area contributed by atoms with Gasteiger partial charge in [-0.2, -0.15) is 10.1 Å². The Bertz CT molecular complexity index is 882. The van der Waals surface area contributed by atoms with Crippen LogP contribution >= 0.6 is 0 Å². The van der Waals surface area contributed by atoms with E-state index < -0.39 is 0 Å². The molecule has 0 radical (unpaired) electrons. The summed E-state index contributed by atoms with van der Waals surface area (Å²) in [5.74, 6) is 0.847. The largest absolute Gasteiger partial charge is 0.368 e. The maximum atomic E-state index is 13.7. The van der Waals surface area contributed by atoms with Gasteiger partial charge in [0.1, 0.15) is 5.82 Å². The van der Waals surface area contributed by atoms with Crippen molar-refractivity contribution in [2.75, 3.05) is 17.2 Å². The van der Waals surface area contributed by atoms with Crippen molar-refractivity contribution in [3.05, 3.63) is 71.2 Å². The molecule has 3 rings (SSSR count). The Morgan fingerprint density at radius 1 is 1.04 bits per heavy atom. The second-order valence-corrected chi connectivity index (χ2v) is 6.02. The smallest absolute Gasteiger partial charge is 0.249 e. The third-order valence-electron chi connectivity index (χ3n) is 4.19. The Morgan fingerprint density at radius 2 is 1.85 bits per heavy atom. The number of hydrogen-bond donors (Lipinski definition) is 2. The summed E-state index contributed by atoms with van der Waals surface area (Å²) in [6, 6.07) is 12.9. The van der Waals surface area contributed by atoms with E-state index in [1.165, 1.54) is 11.6 Å². The van der Waals surface area contributed by atoms with E-state index in [-0.39, 0.29) is 5.82 Å². The molecule has 0 amide bonds. The third kappa shape index (κ3) is 4.33. The van der Waals surface area contributed by atoms with Gasteiger partial charge in [-0.15, -0.1) is 5.10 Å². The van der Waals surface area contributed by atoms with Crippen LogP contribution in [-0.4, -0.2) is 21.7 Å². The first-order valence-corrected chi connectivity index (χ1v) is 8.70. The van der Waals surface area contributed by atoms with E-state index in [4.69, 9.17) is 0 Å². The lowest BCUT2D eigenvalue weighted by atomic mass is 10.1. The molecule has 1 heterocycles. The number of nitrogens with zero attached hydrogens (tertiary/aromatic N) is 3. The number of aryl methyl sites for hydroxylation is 2. The topological polar surface area (TPSA) is 62.7 Å². The molecule has 0 aliphatic carbocycles. The third-order valence-corrected chi connectivity index (χ3v) is 4.19. The first-order valence-electron chi connectivity index (χ1n) is 8.70. The van der Waals surface area contributed by atoms with E-state index in [1.807, 2.05) is 25.1 Å². The van der Waals surface area contributed by atoms with Crippen molar-refractivity contribution in [1.82, 2.24) is 15.2 Å². The molecular weight excluding hydrogens is 329 g/mol. The van der Waals surface area contributed by atoms with Gasteiger partial charge < -0.3 is 10.6 Å². The molecule has 0 atom stereocenters. The predicted octanol–water partition coefficient (Wildman–Crippen LogP) is 4.28. The summed E-state index contributed by atoms with van der Waals surface area (Å²) in [6.45, 7) is 4.72. The zero-order chi connectivity index (χ0) is 18.4. The highest BCUT2D eigenvalue weighted by atomic mass is 19.1. The molecule has 0 aliphatic rings. The van der Waals surface area contributed by atoms with Crippen LogP contribution in [0.5, 0.6) is 0 Å². The van der Waals surface area contributed by atoms with Gasteiger partial charge in [-0.1, -0.05) is 43.3 Å². The molecule has 0 aliphatic heterocycles. The van der Waals surface area contributed by atoms with Gasteiger partial charge in [0, 0.05) is 12.2 Å². The van der Waals surface area contributed by atoms with E-state index in [0.29, 0.717) is 30.3 Å². The molecule has 6 heteroatoms. The number of halogens is 1. The number of anilines is 3. The molecule has 0 unspecified atom stereocenters. The van der Waals surface area contributed by atoms with Gasteiger partial charge in [-0.25, -0.2) is 4.39 Å². The molecule has 0 fully saturated rings. The lowest BCUT2D eigenvalue weighted by molar-refractivity contribution is 0.610. The molecule has 134 valence electrons. The second kappa shape index (κ2) is 8.38. The standard InChI is InChI=1S/C20H22FN5/c1-3-15-9-6-7-14(2)19(15)25-20-24-18(13-23-26-20)22-12-11-16-8-4-5-10-17(16)21/h4-10,13H,3,11-12H2,1-2H3,(H2,22,24,25,26). The van der Waals surface area contributed by atoms with E-state index in [1.54, 1.807) is 18.3 Å². The molecule has 2 aromatic carbocycles. The Morgan fingerprint density at radius 3 is 2.65 bits per heavy atom. The summed E-state index contributed by atoms with van der Waals surface area (Å²) in [7, 11) is 0. The highest BCUT2D eigenvalue weighted by Crippen LogP contribution is 2.23. The maximum absolute atomic E-state index is 13.7. The SMILES string of the molecule is CCc1cccc(C)c1Nc1nncc(NCCc2ccccc2F)n1. The summed E-state index contributed by atoms with van der Waals surface area (Å²) < 4.78 is 13.7. The van der Waals surface area contributed by atoms with E-state index >= 15 is 0 Å². The molecule has 26 heavy (non-hydrogen) atoms. The fraction of sp³-hybridized carbons (Fsp3) is 0.250. The number of aromatic nitrogens is 3. The van der Waals surface area contributed by atoms with Crippen LogP contribution in [0, 0.1) is 12.7 Å². The molecule has 5 nitrogen and oxygen atoms in total. The Balaban J connectivity index is 1.66. The quantitative estimate of drug-likeness (QED) is 0.665. The summed E-state index contributed by atoms with van der Waals surface area (Å²) in [4.78, 5) is 4.45. The number of nitrogens with one attached hydrogen (secondary N) is 2. The highest BCUT2D eigenvalue weighted by molar-refractivity contribution is 5.63. The van der Waals surface area contributed by atoms with Crippen LogP contribution in [0.15, 0.2) is 48.7 Å². The molecule has 2 N–H and O–H groups in total. The minimum atomic E-state index is -0.191. The number of rotatable bonds is 7. The number of hydrogen-bond acceptors (Lipinski definition) is 5. The van der Waals surface area contributed by atoms with Gasteiger partial charge in [0.05, 0.1) is 6.20 Å². The van der Waals surface area contributed by atoms with Crippen molar-refractivity contribution >= 4 is 17.5 Å². The van der Waals surface area contributed by atoms with E-state index in [0.717, 1.165) is 17.7 Å². The monoisotopic (exact) mass is 351 g/mol. The summed E-state index contributed by atoms with van der Waals surface area (Å²) in [5, 5.41) is 14.5. The average molecular weight is 351 g/mol. The molecule has 0 saturated carbocycles. The van der Waals surface area contributed by atoms with E-state index in [9.17, 15) is 4.39 Å². The summed E-state index contributed by atoms with van der Waals surface area (Å²) in [5.41, 5.74) is 4.02. The second-order valence-electron chi connectivity index (χ2n) is 6.02. The normalized spacial score (nSPS) is 10.6. The van der Waals surface area contributed by atoms with Crippen molar-refractivity contribution in [3.8, 4) is 0 Å². The summed E-state index contributed by atoms with van der Waals surface area (Å²) in [6.07, 6.45) is 3.04. The zero-order valence-corrected chi connectivity index (χ0v) is 15.0. The number of benzene rings is 2. The Labute approximate surface area is 152 Å². The van der Waals surface area contributed by atoms with Crippen LogP contribution in [0.25, 0.3) is 0 Å². The lowest BCUT2D eigenvalue weighted by Gasteiger charge is -2.13. The zero-order valence-electron chi connectivity index (χ0n) is 15.0. The Hall–Kier alpha value is -3.02. The maximum Gasteiger partial charge on any atom is 0.249 e.